The fourth-order valence-electron chi connectivity index (χ4n) is 3.63. The second-order valence-electron chi connectivity index (χ2n) is 6.24. The standard InChI is InChI=1S/C17H23FN2O/c1-2-3-11-20-15(13-7-6-8-14(18)12-13)19-17(16(20)21)9-4-5-10-17/h6-8,12,15,19H,2-5,9-11H2,1H3. The van der Waals surface area contributed by atoms with Crippen molar-refractivity contribution in [3.05, 3.63) is 35.6 Å². The Labute approximate surface area is 125 Å². The molecule has 1 saturated heterocycles. The van der Waals surface area contributed by atoms with Crippen LogP contribution in [-0.2, 0) is 4.79 Å². The number of hydrogen-bond acceptors (Lipinski definition) is 2. The number of hydrogen-bond donors (Lipinski definition) is 1. The first-order valence-corrected chi connectivity index (χ1v) is 8.00. The van der Waals surface area contributed by atoms with Crippen LogP contribution in [0.1, 0.15) is 57.2 Å². The molecular weight excluding hydrogens is 267 g/mol. The Morgan fingerprint density at radius 3 is 2.81 bits per heavy atom. The first-order valence-electron chi connectivity index (χ1n) is 8.00. The third kappa shape index (κ3) is 2.57. The maximum absolute atomic E-state index is 13.5. The van der Waals surface area contributed by atoms with Gasteiger partial charge in [0, 0.05) is 6.54 Å². The van der Waals surface area contributed by atoms with Crippen LogP contribution in [0, 0.1) is 5.82 Å². The van der Waals surface area contributed by atoms with E-state index in [4.69, 9.17) is 0 Å². The number of rotatable bonds is 4. The van der Waals surface area contributed by atoms with Crippen molar-refractivity contribution in [1.82, 2.24) is 10.2 Å². The average Bonchev–Trinajstić information content (AvgIpc) is 3.05. The van der Waals surface area contributed by atoms with E-state index in [-0.39, 0.29) is 17.9 Å². The average molecular weight is 290 g/mol. The maximum atomic E-state index is 13.5. The molecule has 114 valence electrons. The summed E-state index contributed by atoms with van der Waals surface area (Å²) in [5.41, 5.74) is 0.452. The number of carbonyl (C=O) groups is 1. The summed E-state index contributed by atoms with van der Waals surface area (Å²) in [6, 6.07) is 6.61. The topological polar surface area (TPSA) is 32.3 Å². The molecule has 3 nitrogen and oxygen atoms in total. The van der Waals surface area contributed by atoms with E-state index in [1.807, 2.05) is 11.0 Å². The first-order chi connectivity index (χ1) is 10.2. The van der Waals surface area contributed by atoms with Gasteiger partial charge in [0.05, 0.1) is 5.54 Å². The molecule has 0 bridgehead atoms. The van der Waals surface area contributed by atoms with E-state index in [1.54, 1.807) is 6.07 Å². The minimum atomic E-state index is -0.398. The Bertz CT molecular complexity index is 525. The zero-order chi connectivity index (χ0) is 14.9. The lowest BCUT2D eigenvalue weighted by atomic mass is 9.98. The van der Waals surface area contributed by atoms with Gasteiger partial charge < -0.3 is 4.90 Å². The van der Waals surface area contributed by atoms with Crippen molar-refractivity contribution in [2.24, 2.45) is 0 Å². The Balaban J connectivity index is 1.91. The predicted molar refractivity (Wildman–Crippen MR) is 80.1 cm³/mol. The van der Waals surface area contributed by atoms with Crippen molar-refractivity contribution in [2.75, 3.05) is 6.54 Å². The molecule has 3 rings (SSSR count). The highest BCUT2D eigenvalue weighted by molar-refractivity contribution is 5.89. The summed E-state index contributed by atoms with van der Waals surface area (Å²) in [6.45, 7) is 2.86. The molecule has 21 heavy (non-hydrogen) atoms. The number of carbonyl (C=O) groups excluding carboxylic acids is 1. The van der Waals surface area contributed by atoms with Crippen LogP contribution in [0.2, 0.25) is 0 Å². The summed E-state index contributed by atoms with van der Waals surface area (Å²) < 4.78 is 13.5. The summed E-state index contributed by atoms with van der Waals surface area (Å²) in [5, 5.41) is 3.53. The van der Waals surface area contributed by atoms with Crippen molar-refractivity contribution < 1.29 is 9.18 Å². The van der Waals surface area contributed by atoms with Gasteiger partial charge >= 0.3 is 0 Å². The van der Waals surface area contributed by atoms with Gasteiger partial charge in [-0.3, -0.25) is 10.1 Å². The van der Waals surface area contributed by atoms with Gasteiger partial charge in [0.1, 0.15) is 12.0 Å². The van der Waals surface area contributed by atoms with E-state index >= 15 is 0 Å². The Morgan fingerprint density at radius 2 is 2.14 bits per heavy atom. The quantitative estimate of drug-likeness (QED) is 0.922. The van der Waals surface area contributed by atoms with E-state index in [0.29, 0.717) is 0 Å². The molecule has 1 aliphatic carbocycles. The van der Waals surface area contributed by atoms with Crippen LogP contribution in [0.15, 0.2) is 24.3 Å². The van der Waals surface area contributed by atoms with Crippen molar-refractivity contribution in [3.63, 3.8) is 0 Å². The highest BCUT2D eigenvalue weighted by atomic mass is 19.1. The lowest BCUT2D eigenvalue weighted by Gasteiger charge is -2.24. The molecule has 4 heteroatoms. The van der Waals surface area contributed by atoms with Crippen LogP contribution in [0.3, 0.4) is 0 Å². The highest BCUT2D eigenvalue weighted by Gasteiger charge is 2.52. The first kappa shape index (κ1) is 14.5. The number of nitrogens with one attached hydrogen (secondary N) is 1. The van der Waals surface area contributed by atoms with Gasteiger partial charge in [-0.25, -0.2) is 4.39 Å². The van der Waals surface area contributed by atoms with E-state index in [9.17, 15) is 9.18 Å². The summed E-state index contributed by atoms with van der Waals surface area (Å²) in [5.74, 6) is -0.0349. The van der Waals surface area contributed by atoms with E-state index in [1.165, 1.54) is 12.1 Å². The number of nitrogens with zero attached hydrogens (tertiary/aromatic N) is 1. The number of amides is 1. The van der Waals surface area contributed by atoms with Crippen LogP contribution in [0.5, 0.6) is 0 Å². The van der Waals surface area contributed by atoms with Crippen LogP contribution in [0.4, 0.5) is 4.39 Å². The summed E-state index contributed by atoms with van der Waals surface area (Å²) in [7, 11) is 0. The van der Waals surface area contributed by atoms with Gasteiger partial charge in [0.15, 0.2) is 0 Å². The number of halogens is 1. The molecule has 1 unspecified atom stereocenters. The molecule has 1 heterocycles. The molecule has 1 amide bonds. The fraction of sp³-hybridized carbons (Fsp3) is 0.588. The molecule has 1 aliphatic heterocycles. The van der Waals surface area contributed by atoms with Gasteiger partial charge in [0.25, 0.3) is 0 Å². The van der Waals surface area contributed by atoms with Crippen LogP contribution < -0.4 is 5.32 Å². The highest BCUT2D eigenvalue weighted by Crippen LogP contribution is 2.40. The summed E-state index contributed by atoms with van der Waals surface area (Å²) >= 11 is 0. The van der Waals surface area contributed by atoms with E-state index in [0.717, 1.165) is 50.6 Å². The third-order valence-corrected chi connectivity index (χ3v) is 4.77. The van der Waals surface area contributed by atoms with Gasteiger partial charge in [-0.1, -0.05) is 38.3 Å². The van der Waals surface area contributed by atoms with Gasteiger partial charge in [-0.15, -0.1) is 0 Å². The van der Waals surface area contributed by atoms with Gasteiger partial charge in [0.2, 0.25) is 5.91 Å². The van der Waals surface area contributed by atoms with Crippen LogP contribution in [-0.4, -0.2) is 22.9 Å². The molecule has 0 radical (unpaired) electrons. The third-order valence-electron chi connectivity index (χ3n) is 4.77. The molecule has 1 N–H and O–H groups in total. The molecule has 1 aromatic rings. The molecule has 1 aromatic carbocycles. The van der Waals surface area contributed by atoms with Crippen molar-refractivity contribution in [3.8, 4) is 0 Å². The minimum Gasteiger partial charge on any atom is -0.321 e. The lowest BCUT2D eigenvalue weighted by molar-refractivity contribution is -0.133. The van der Waals surface area contributed by atoms with Gasteiger partial charge in [-0.05, 0) is 37.0 Å². The van der Waals surface area contributed by atoms with E-state index in [2.05, 4.69) is 12.2 Å². The zero-order valence-electron chi connectivity index (χ0n) is 12.6. The molecule has 1 atom stereocenters. The Morgan fingerprint density at radius 1 is 1.38 bits per heavy atom. The number of benzene rings is 1. The number of unbranched alkanes of at least 4 members (excludes halogenated alkanes) is 1. The second kappa shape index (κ2) is 5.76. The lowest BCUT2D eigenvalue weighted by Crippen LogP contribution is -2.44. The van der Waals surface area contributed by atoms with Crippen LogP contribution >= 0.6 is 0 Å². The Hall–Kier alpha value is -1.42. The largest absolute Gasteiger partial charge is 0.321 e. The molecule has 1 saturated carbocycles. The van der Waals surface area contributed by atoms with Gasteiger partial charge in [-0.2, -0.15) is 0 Å². The Kier molecular flexibility index (Phi) is 3.98. The van der Waals surface area contributed by atoms with Crippen molar-refractivity contribution in [2.45, 2.75) is 57.2 Å². The smallest absolute Gasteiger partial charge is 0.244 e. The molecule has 2 aliphatic rings. The van der Waals surface area contributed by atoms with Crippen molar-refractivity contribution in [1.29, 1.82) is 0 Å². The zero-order valence-corrected chi connectivity index (χ0v) is 12.6. The van der Waals surface area contributed by atoms with Crippen molar-refractivity contribution >= 4 is 5.91 Å². The molecular formula is C17H23FN2O. The van der Waals surface area contributed by atoms with E-state index < -0.39 is 5.54 Å². The minimum absolute atomic E-state index is 0.183. The predicted octanol–water partition coefficient (Wildman–Crippen LogP) is 3.37. The monoisotopic (exact) mass is 290 g/mol. The molecule has 2 fully saturated rings. The van der Waals surface area contributed by atoms with Crippen LogP contribution in [0.25, 0.3) is 0 Å². The fourth-order valence-corrected chi connectivity index (χ4v) is 3.63. The maximum Gasteiger partial charge on any atom is 0.244 e. The summed E-state index contributed by atoms with van der Waals surface area (Å²) in [6.07, 6.45) is 5.84. The summed E-state index contributed by atoms with van der Waals surface area (Å²) in [4.78, 5) is 14.8. The SMILES string of the molecule is CCCCN1C(=O)C2(CCCC2)NC1c1cccc(F)c1. The normalized spacial score (nSPS) is 24.2. The molecule has 0 aromatic heterocycles. The molecule has 1 spiro atoms. The second-order valence-corrected chi connectivity index (χ2v) is 6.24.